The third-order valence-electron chi connectivity index (χ3n) is 5.41. The number of carboxylic acid groups (broad SMARTS) is 2. The number of hydrogen-bond acceptors (Lipinski definition) is 9. The number of methoxy groups -OCH3 is 1. The maximum absolute atomic E-state index is 11.7. The molecule has 0 saturated carbocycles. The molecule has 0 aliphatic heterocycles. The minimum atomic E-state index is -3.64. The van der Waals surface area contributed by atoms with Crippen molar-refractivity contribution in [3.05, 3.63) is 53.6 Å². The van der Waals surface area contributed by atoms with Gasteiger partial charge in [-0.3, -0.25) is 9.69 Å². The van der Waals surface area contributed by atoms with E-state index in [-0.39, 0.29) is 29.5 Å². The summed E-state index contributed by atoms with van der Waals surface area (Å²) in [5.74, 6) is -4.35. The van der Waals surface area contributed by atoms with Crippen LogP contribution in [0.3, 0.4) is 0 Å². The van der Waals surface area contributed by atoms with E-state index >= 15 is 0 Å². The Kier molecular flexibility index (Phi) is 9.14. The van der Waals surface area contributed by atoms with E-state index in [2.05, 4.69) is 5.32 Å². The van der Waals surface area contributed by atoms with Crippen LogP contribution in [0.1, 0.15) is 24.2 Å². The highest BCUT2D eigenvalue weighted by atomic mass is 16.5. The Bertz CT molecular complexity index is 1050. The molecule has 2 rings (SSSR count). The number of ether oxygens (including phenoxy) is 1. The lowest BCUT2D eigenvalue weighted by molar-refractivity contribution is -0.183. The second kappa shape index (κ2) is 11.6. The number of amides is 1. The van der Waals surface area contributed by atoms with E-state index in [1.165, 1.54) is 6.07 Å². The molecule has 0 heterocycles. The van der Waals surface area contributed by atoms with E-state index in [1.807, 2.05) is 31.2 Å². The van der Waals surface area contributed by atoms with E-state index in [9.17, 15) is 39.9 Å². The van der Waals surface area contributed by atoms with Crippen LogP contribution < -0.4 is 15.0 Å². The Labute approximate surface area is 200 Å². The van der Waals surface area contributed by atoms with Gasteiger partial charge in [0.25, 0.3) is 5.72 Å². The monoisotopic (exact) mass is 492 g/mol. The van der Waals surface area contributed by atoms with Crippen molar-refractivity contribution in [3.63, 3.8) is 0 Å². The molecule has 12 nitrogen and oxygen atoms in total. The molecular formula is C23H28N2O10. The van der Waals surface area contributed by atoms with Gasteiger partial charge in [-0.2, -0.15) is 0 Å². The second-order valence-electron chi connectivity index (χ2n) is 7.87. The normalized spacial score (nSPS) is 15.3. The van der Waals surface area contributed by atoms with E-state index in [0.717, 1.165) is 23.4 Å². The highest BCUT2D eigenvalue weighted by Crippen LogP contribution is 2.34. The van der Waals surface area contributed by atoms with Crippen LogP contribution in [0.5, 0.6) is 11.5 Å². The molecule has 1 amide bonds. The Balaban J connectivity index is 2.20. The van der Waals surface area contributed by atoms with E-state index < -0.39 is 41.3 Å². The Morgan fingerprint density at radius 1 is 1.14 bits per heavy atom. The summed E-state index contributed by atoms with van der Waals surface area (Å²) >= 11 is 0. The van der Waals surface area contributed by atoms with E-state index in [4.69, 9.17) is 9.84 Å². The SMILES string of the molecule is COc1ccc(C[C@@H](C)NC[C@H](O)c2ccc(O)c(N(C=O)[C@](O)(C(=O)O)[C@@H](O)C(=O)O)c2)cc1. The third-order valence-corrected chi connectivity index (χ3v) is 5.41. The number of phenolic OH excluding ortho intramolecular Hbond substituents is 1. The van der Waals surface area contributed by atoms with Crippen molar-refractivity contribution < 1.29 is 49.8 Å². The molecule has 0 fully saturated rings. The van der Waals surface area contributed by atoms with Gasteiger partial charge in [-0.1, -0.05) is 18.2 Å². The number of nitrogens with one attached hydrogen (secondary N) is 1. The number of aliphatic hydroxyl groups excluding tert-OH is 2. The van der Waals surface area contributed by atoms with Gasteiger partial charge in [-0.05, 0) is 48.7 Å². The van der Waals surface area contributed by atoms with Gasteiger partial charge in [0.15, 0.2) is 0 Å². The number of carbonyl (C=O) groups excluding carboxylic acids is 1. The topological polar surface area (TPSA) is 197 Å². The fraction of sp³-hybridized carbons (Fsp3) is 0.348. The van der Waals surface area contributed by atoms with Crippen LogP contribution in [0.25, 0.3) is 0 Å². The Hall–Kier alpha value is -3.71. The summed E-state index contributed by atoms with van der Waals surface area (Å²) in [5, 5.41) is 62.4. The second-order valence-corrected chi connectivity index (χ2v) is 7.87. The predicted octanol–water partition coefficient (Wildman–Crippen LogP) is -0.164. The van der Waals surface area contributed by atoms with Gasteiger partial charge in [0.05, 0.1) is 18.9 Å². The maximum Gasteiger partial charge on any atom is 0.361 e. The smallest absolute Gasteiger partial charge is 0.361 e. The summed E-state index contributed by atoms with van der Waals surface area (Å²) in [7, 11) is 1.57. The van der Waals surface area contributed by atoms with Gasteiger partial charge >= 0.3 is 11.9 Å². The first-order chi connectivity index (χ1) is 16.4. The zero-order valence-electron chi connectivity index (χ0n) is 19.0. The summed E-state index contributed by atoms with van der Waals surface area (Å²) in [6.07, 6.45) is -3.75. The fourth-order valence-electron chi connectivity index (χ4n) is 3.40. The molecule has 7 N–H and O–H groups in total. The van der Waals surface area contributed by atoms with Crippen molar-refractivity contribution in [2.24, 2.45) is 0 Å². The van der Waals surface area contributed by atoms with Gasteiger partial charge in [0, 0.05) is 12.6 Å². The lowest BCUT2D eigenvalue weighted by atomic mass is 10.0. The molecule has 0 spiro atoms. The molecule has 4 atom stereocenters. The summed E-state index contributed by atoms with van der Waals surface area (Å²) in [6, 6.07) is 10.7. The van der Waals surface area contributed by atoms with Gasteiger partial charge in [0.2, 0.25) is 12.5 Å². The molecule has 0 bridgehead atoms. The van der Waals surface area contributed by atoms with Crippen molar-refractivity contribution in [2.75, 3.05) is 18.6 Å². The van der Waals surface area contributed by atoms with Crippen LogP contribution in [-0.2, 0) is 20.8 Å². The third kappa shape index (κ3) is 6.25. The minimum Gasteiger partial charge on any atom is -0.506 e. The number of benzene rings is 2. The Morgan fingerprint density at radius 3 is 2.29 bits per heavy atom. The number of carboxylic acids is 2. The molecule has 12 heteroatoms. The first-order valence-electron chi connectivity index (χ1n) is 10.4. The van der Waals surface area contributed by atoms with Gasteiger partial charge < -0.3 is 40.7 Å². The summed E-state index contributed by atoms with van der Waals surface area (Å²) < 4.78 is 5.12. The molecule has 35 heavy (non-hydrogen) atoms. The maximum atomic E-state index is 11.7. The number of phenols is 1. The molecule has 190 valence electrons. The zero-order valence-corrected chi connectivity index (χ0v) is 19.0. The van der Waals surface area contributed by atoms with Crippen molar-refractivity contribution >= 4 is 24.0 Å². The average Bonchev–Trinajstić information content (AvgIpc) is 2.83. The molecule has 2 aromatic rings. The molecule has 0 aliphatic rings. The number of hydrogen-bond donors (Lipinski definition) is 7. The quantitative estimate of drug-likeness (QED) is 0.145. The van der Waals surface area contributed by atoms with Gasteiger partial charge in [-0.15, -0.1) is 0 Å². The molecule has 0 saturated heterocycles. The molecular weight excluding hydrogens is 464 g/mol. The summed E-state index contributed by atoms with van der Waals surface area (Å²) in [4.78, 5) is 34.4. The van der Waals surface area contributed by atoms with E-state index in [0.29, 0.717) is 6.42 Å². The van der Waals surface area contributed by atoms with Crippen LogP contribution in [-0.4, -0.2) is 80.5 Å². The van der Waals surface area contributed by atoms with Gasteiger partial charge in [0.1, 0.15) is 11.5 Å². The standard InChI is InChI=1S/C23H28N2O10/c1-13(9-14-3-6-16(35-2)7-4-14)24-11-19(28)15-5-8-18(27)17(10-15)25(12-26)23(34,22(32)33)20(29)21(30)31/h3-8,10,12-13,19-20,24,27-29,34H,9,11H2,1-2H3,(H,30,31)(H,32,33)/t13-,19+,20+,23-/m1/s1. The lowest BCUT2D eigenvalue weighted by Crippen LogP contribution is -2.64. The van der Waals surface area contributed by atoms with E-state index in [1.54, 1.807) is 7.11 Å². The summed E-state index contributed by atoms with van der Waals surface area (Å²) in [5.41, 5.74) is -3.13. The van der Waals surface area contributed by atoms with Gasteiger partial charge in [-0.25, -0.2) is 9.59 Å². The number of aliphatic carboxylic acids is 2. The van der Waals surface area contributed by atoms with Crippen LogP contribution in [0, 0.1) is 0 Å². The molecule has 0 aliphatic carbocycles. The van der Waals surface area contributed by atoms with Crippen molar-refractivity contribution in [2.45, 2.75) is 37.3 Å². The average molecular weight is 492 g/mol. The number of nitrogens with zero attached hydrogens (tertiary/aromatic N) is 1. The van der Waals surface area contributed by atoms with Crippen LogP contribution in [0.2, 0.25) is 0 Å². The molecule has 0 unspecified atom stereocenters. The zero-order chi connectivity index (χ0) is 26.3. The minimum absolute atomic E-state index is 0.0284. The molecule has 0 radical (unpaired) electrons. The number of rotatable bonds is 13. The molecule has 2 aromatic carbocycles. The lowest BCUT2D eigenvalue weighted by Gasteiger charge is -2.35. The molecule has 0 aromatic heterocycles. The van der Waals surface area contributed by atoms with Crippen molar-refractivity contribution in [1.29, 1.82) is 0 Å². The first-order valence-corrected chi connectivity index (χ1v) is 10.4. The highest BCUT2D eigenvalue weighted by Gasteiger charge is 2.54. The highest BCUT2D eigenvalue weighted by molar-refractivity contribution is 5.97. The number of aliphatic hydroxyl groups is 3. The first kappa shape index (κ1) is 27.5. The van der Waals surface area contributed by atoms with Crippen LogP contribution >= 0.6 is 0 Å². The predicted molar refractivity (Wildman–Crippen MR) is 122 cm³/mol. The number of carbonyl (C=O) groups is 3. The fourth-order valence-corrected chi connectivity index (χ4v) is 3.40. The largest absolute Gasteiger partial charge is 0.506 e. The van der Waals surface area contributed by atoms with Crippen molar-refractivity contribution in [3.8, 4) is 11.5 Å². The van der Waals surface area contributed by atoms with Crippen molar-refractivity contribution in [1.82, 2.24) is 5.32 Å². The summed E-state index contributed by atoms with van der Waals surface area (Å²) in [6.45, 7) is 1.93. The van der Waals surface area contributed by atoms with Crippen LogP contribution in [0.15, 0.2) is 42.5 Å². The van der Waals surface area contributed by atoms with Crippen LogP contribution in [0.4, 0.5) is 5.69 Å². The number of anilines is 1. The number of aromatic hydroxyl groups is 1. The Morgan fingerprint density at radius 2 is 1.77 bits per heavy atom.